The summed E-state index contributed by atoms with van der Waals surface area (Å²) in [4.78, 5) is 3.93. The normalized spacial score (nSPS) is 11.4. The molecule has 0 atom stereocenters. The first-order valence-electron chi connectivity index (χ1n) is 4.63. The zero-order valence-corrected chi connectivity index (χ0v) is 11.6. The molecule has 0 bridgehead atoms. The Hall–Kier alpha value is -0.330. The Morgan fingerprint density at radius 3 is 2.75 bits per heavy atom. The predicted octanol–water partition coefficient (Wildman–Crippen LogP) is 2.57. The highest BCUT2D eigenvalue weighted by Gasteiger charge is 2.04. The topological polar surface area (TPSA) is 56.3 Å². The van der Waals surface area contributed by atoms with Crippen molar-refractivity contribution in [2.45, 2.75) is 12.8 Å². The van der Waals surface area contributed by atoms with Crippen LogP contribution in [0.2, 0.25) is 0 Å². The van der Waals surface area contributed by atoms with Crippen LogP contribution < -0.4 is 4.74 Å². The largest absolute Gasteiger partial charge is 0.492 e. The molecule has 0 radical (unpaired) electrons. The molecule has 1 heterocycles. The van der Waals surface area contributed by atoms with Gasteiger partial charge in [0.2, 0.25) is 9.05 Å². The minimum Gasteiger partial charge on any atom is -0.492 e. The second kappa shape index (κ2) is 6.42. The van der Waals surface area contributed by atoms with Crippen LogP contribution in [0.1, 0.15) is 12.8 Å². The summed E-state index contributed by atoms with van der Waals surface area (Å²) in [5.41, 5.74) is 0. The fourth-order valence-electron chi connectivity index (χ4n) is 1.04. The lowest BCUT2D eigenvalue weighted by molar-refractivity contribution is 0.308. The molecular formula is C9H11BrClNO3S. The van der Waals surface area contributed by atoms with Crippen molar-refractivity contribution in [2.24, 2.45) is 0 Å². The van der Waals surface area contributed by atoms with Gasteiger partial charge in [0.1, 0.15) is 5.75 Å². The standard InChI is InChI=1S/C9H11BrClNO3S/c10-8-5-9(7-12-6-8)15-3-1-2-4-16(11,13)14/h5-7H,1-4H2. The van der Waals surface area contributed by atoms with E-state index >= 15 is 0 Å². The van der Waals surface area contributed by atoms with Crippen molar-refractivity contribution in [2.75, 3.05) is 12.4 Å². The highest BCUT2D eigenvalue weighted by Crippen LogP contribution is 2.16. The summed E-state index contributed by atoms with van der Waals surface area (Å²) in [6.07, 6.45) is 4.39. The van der Waals surface area contributed by atoms with Crippen molar-refractivity contribution in [3.63, 3.8) is 0 Å². The van der Waals surface area contributed by atoms with Gasteiger partial charge in [-0.2, -0.15) is 0 Å². The van der Waals surface area contributed by atoms with E-state index < -0.39 is 9.05 Å². The van der Waals surface area contributed by atoms with Crippen LogP contribution in [0.4, 0.5) is 0 Å². The van der Waals surface area contributed by atoms with Gasteiger partial charge in [-0.1, -0.05) is 0 Å². The van der Waals surface area contributed by atoms with E-state index in [9.17, 15) is 8.42 Å². The van der Waals surface area contributed by atoms with E-state index in [1.165, 1.54) is 0 Å². The third kappa shape index (κ3) is 6.30. The van der Waals surface area contributed by atoms with Gasteiger partial charge in [0.15, 0.2) is 0 Å². The number of hydrogen-bond donors (Lipinski definition) is 0. The summed E-state index contributed by atoms with van der Waals surface area (Å²) in [5.74, 6) is 0.636. The zero-order valence-electron chi connectivity index (χ0n) is 8.40. The zero-order chi connectivity index (χ0) is 12.0. The van der Waals surface area contributed by atoms with Crippen LogP contribution in [0.5, 0.6) is 5.75 Å². The molecule has 1 aromatic heterocycles. The third-order valence-corrected chi connectivity index (χ3v) is 3.40. The second-order valence-corrected chi connectivity index (χ2v) is 6.95. The molecule has 1 rings (SSSR count). The number of ether oxygens (including phenoxy) is 1. The first-order chi connectivity index (χ1) is 7.47. The van der Waals surface area contributed by atoms with Gasteiger partial charge in [0.25, 0.3) is 0 Å². The second-order valence-electron chi connectivity index (χ2n) is 3.14. The Labute approximate surface area is 108 Å². The van der Waals surface area contributed by atoms with E-state index in [0.717, 1.165) is 4.47 Å². The van der Waals surface area contributed by atoms with Crippen molar-refractivity contribution in [1.82, 2.24) is 4.98 Å². The molecule has 90 valence electrons. The van der Waals surface area contributed by atoms with E-state index in [2.05, 4.69) is 20.9 Å². The Balaban J connectivity index is 2.21. The highest BCUT2D eigenvalue weighted by atomic mass is 79.9. The van der Waals surface area contributed by atoms with Gasteiger partial charge in [0.05, 0.1) is 18.6 Å². The monoisotopic (exact) mass is 327 g/mol. The van der Waals surface area contributed by atoms with E-state index in [1.54, 1.807) is 18.5 Å². The van der Waals surface area contributed by atoms with Gasteiger partial charge in [-0.25, -0.2) is 8.42 Å². The first-order valence-corrected chi connectivity index (χ1v) is 7.90. The average molecular weight is 329 g/mol. The number of pyridine rings is 1. The van der Waals surface area contributed by atoms with E-state index in [4.69, 9.17) is 15.4 Å². The fraction of sp³-hybridized carbons (Fsp3) is 0.444. The SMILES string of the molecule is O=S(=O)(Cl)CCCCOc1cncc(Br)c1. The lowest BCUT2D eigenvalue weighted by atomic mass is 10.3. The van der Waals surface area contributed by atoms with E-state index in [-0.39, 0.29) is 5.75 Å². The lowest BCUT2D eigenvalue weighted by Gasteiger charge is -2.04. The molecule has 0 aliphatic carbocycles. The summed E-state index contributed by atoms with van der Waals surface area (Å²) in [5, 5.41) is 0. The molecule has 0 saturated carbocycles. The molecule has 0 N–H and O–H groups in total. The predicted molar refractivity (Wildman–Crippen MR) is 66.3 cm³/mol. The van der Waals surface area contributed by atoms with Crippen molar-refractivity contribution in [1.29, 1.82) is 0 Å². The maximum absolute atomic E-state index is 10.6. The molecule has 0 aliphatic rings. The maximum Gasteiger partial charge on any atom is 0.232 e. The molecule has 4 nitrogen and oxygen atoms in total. The highest BCUT2D eigenvalue weighted by molar-refractivity contribution is 9.10. The quantitative estimate of drug-likeness (QED) is 0.595. The molecule has 16 heavy (non-hydrogen) atoms. The first kappa shape index (κ1) is 13.7. The Morgan fingerprint density at radius 1 is 1.38 bits per heavy atom. The molecular weight excluding hydrogens is 318 g/mol. The molecule has 1 aromatic rings. The van der Waals surface area contributed by atoms with E-state index in [0.29, 0.717) is 25.2 Å². The molecule has 0 fully saturated rings. The van der Waals surface area contributed by atoms with Gasteiger partial charge in [-0.3, -0.25) is 4.98 Å². The van der Waals surface area contributed by atoms with Gasteiger partial charge in [-0.05, 0) is 34.8 Å². The minimum atomic E-state index is -3.38. The summed E-state index contributed by atoms with van der Waals surface area (Å²) in [6, 6.07) is 1.80. The average Bonchev–Trinajstić information content (AvgIpc) is 2.15. The smallest absolute Gasteiger partial charge is 0.232 e. The third-order valence-electron chi connectivity index (χ3n) is 1.73. The van der Waals surface area contributed by atoms with Gasteiger partial charge in [0, 0.05) is 21.4 Å². The summed E-state index contributed by atoms with van der Waals surface area (Å²) in [7, 11) is 1.69. The van der Waals surface area contributed by atoms with E-state index in [1.807, 2.05) is 0 Å². The number of aromatic nitrogens is 1. The molecule has 7 heteroatoms. The lowest BCUT2D eigenvalue weighted by Crippen LogP contribution is -2.02. The molecule has 0 spiro atoms. The number of unbranched alkanes of at least 4 members (excludes halogenated alkanes) is 1. The fourth-order valence-corrected chi connectivity index (χ4v) is 2.26. The summed E-state index contributed by atoms with van der Waals surface area (Å²) < 4.78 is 27.4. The number of halogens is 2. The number of hydrogen-bond acceptors (Lipinski definition) is 4. The summed E-state index contributed by atoms with van der Waals surface area (Å²) in [6.45, 7) is 0.449. The van der Waals surface area contributed by atoms with Crippen molar-refractivity contribution in [3.8, 4) is 5.75 Å². The van der Waals surface area contributed by atoms with Crippen LogP contribution in [0.25, 0.3) is 0 Å². The molecule has 0 aliphatic heterocycles. The Bertz CT molecular complexity index is 438. The summed E-state index contributed by atoms with van der Waals surface area (Å²) >= 11 is 3.27. The van der Waals surface area contributed by atoms with Crippen LogP contribution in [-0.2, 0) is 9.05 Å². The van der Waals surface area contributed by atoms with Crippen molar-refractivity contribution in [3.05, 3.63) is 22.9 Å². The number of rotatable bonds is 6. The van der Waals surface area contributed by atoms with Crippen LogP contribution >= 0.6 is 26.6 Å². The molecule has 0 amide bonds. The molecule has 0 aromatic carbocycles. The van der Waals surface area contributed by atoms with Crippen molar-refractivity contribution < 1.29 is 13.2 Å². The van der Waals surface area contributed by atoms with Crippen LogP contribution in [-0.4, -0.2) is 25.8 Å². The minimum absolute atomic E-state index is 0.0192. The van der Waals surface area contributed by atoms with Crippen LogP contribution in [0.3, 0.4) is 0 Å². The molecule has 0 unspecified atom stereocenters. The maximum atomic E-state index is 10.6. The Morgan fingerprint density at radius 2 is 2.12 bits per heavy atom. The number of nitrogens with zero attached hydrogens (tertiary/aromatic N) is 1. The van der Waals surface area contributed by atoms with Crippen LogP contribution in [0, 0.1) is 0 Å². The van der Waals surface area contributed by atoms with Crippen LogP contribution in [0.15, 0.2) is 22.9 Å². The van der Waals surface area contributed by atoms with Gasteiger partial charge in [-0.15, -0.1) is 0 Å². The van der Waals surface area contributed by atoms with Gasteiger partial charge >= 0.3 is 0 Å². The Kier molecular flexibility index (Phi) is 5.51. The van der Waals surface area contributed by atoms with Gasteiger partial charge < -0.3 is 4.74 Å². The van der Waals surface area contributed by atoms with Crippen molar-refractivity contribution >= 4 is 35.7 Å². The molecule has 0 saturated heterocycles.